The van der Waals surface area contributed by atoms with Gasteiger partial charge in [0.1, 0.15) is 42.0 Å². The largest absolute Gasteiger partial charge is 0.508 e. The summed E-state index contributed by atoms with van der Waals surface area (Å²) in [6.45, 7) is 1.96. The summed E-state index contributed by atoms with van der Waals surface area (Å²) < 4.78 is 14.8. The number of thiocarbonyl (C=S) groups is 1. The van der Waals surface area contributed by atoms with E-state index in [1.807, 2.05) is 0 Å². The Morgan fingerprint density at radius 3 is 2.56 bits per heavy atom. The number of aromatic amines is 1. The first-order valence-electron chi connectivity index (χ1n) is 11.3. The Morgan fingerprint density at radius 2 is 2.00 bits per heavy atom. The minimum atomic E-state index is -1.53. The number of carbonyl (C=O) groups is 4. The second kappa shape index (κ2) is 13.1. The highest BCUT2D eigenvalue weighted by molar-refractivity contribution is 8.19. The lowest BCUT2D eigenvalue weighted by molar-refractivity contribution is -0.761. The molecule has 1 aliphatic rings. The number of hydrogen-bond acceptors (Lipinski definition) is 13. The number of rotatable bonds is 12. The number of esters is 1. The fourth-order valence-corrected chi connectivity index (χ4v) is 5.64. The molecule has 1 saturated heterocycles. The second-order valence-corrected chi connectivity index (χ2v) is 10.9. The Labute approximate surface area is 236 Å². The van der Waals surface area contributed by atoms with Crippen LogP contribution in [-0.4, -0.2) is 77.0 Å². The SMILES string of the molecule is CC(=O)COC(=O)C(Cl)[N+]1(SC(=S)Cc2cn[nH]n2)C[C@@H](C(C)OC(=O)OCc2ccc([N+](=O)[O-])cc2)C1=O. The van der Waals surface area contributed by atoms with Crippen molar-refractivity contribution in [1.82, 2.24) is 15.4 Å². The summed E-state index contributed by atoms with van der Waals surface area (Å²) in [4.78, 5) is 59.6. The Hall–Kier alpha value is -3.47. The molecular formula is C22H23ClN5O9S2+. The van der Waals surface area contributed by atoms with Crippen LogP contribution in [0.1, 0.15) is 25.1 Å². The van der Waals surface area contributed by atoms with Crippen LogP contribution in [0.25, 0.3) is 0 Å². The van der Waals surface area contributed by atoms with E-state index in [0.717, 1.165) is 11.9 Å². The summed E-state index contributed by atoms with van der Waals surface area (Å²) in [5, 5.41) is 20.8. The van der Waals surface area contributed by atoms with E-state index < -0.39 is 56.8 Å². The van der Waals surface area contributed by atoms with Crippen molar-refractivity contribution in [3.8, 4) is 0 Å². The van der Waals surface area contributed by atoms with Gasteiger partial charge in [0.05, 0.1) is 16.8 Å². The first kappa shape index (κ1) is 30.1. The number of nitro benzene ring substituents is 1. The number of non-ortho nitro benzene ring substituents is 1. The quantitative estimate of drug-likeness (QED) is 0.0432. The van der Waals surface area contributed by atoms with Crippen LogP contribution < -0.4 is 0 Å². The summed E-state index contributed by atoms with van der Waals surface area (Å²) in [6, 6.07) is 5.40. The molecule has 1 aromatic heterocycles. The van der Waals surface area contributed by atoms with Gasteiger partial charge in [-0.2, -0.15) is 19.3 Å². The van der Waals surface area contributed by atoms with Crippen molar-refractivity contribution in [2.45, 2.75) is 38.5 Å². The lowest BCUT2D eigenvalue weighted by atomic mass is 9.93. The van der Waals surface area contributed by atoms with Gasteiger partial charge in [-0.05, 0) is 43.1 Å². The molecule has 3 unspecified atom stereocenters. The lowest BCUT2D eigenvalue weighted by Crippen LogP contribution is -2.71. The summed E-state index contributed by atoms with van der Waals surface area (Å²) in [7, 11) is 0. The van der Waals surface area contributed by atoms with Crippen molar-refractivity contribution in [1.29, 1.82) is 0 Å². The second-order valence-electron chi connectivity index (χ2n) is 8.46. The van der Waals surface area contributed by atoms with Crippen LogP contribution in [0.3, 0.4) is 0 Å². The van der Waals surface area contributed by atoms with E-state index in [2.05, 4.69) is 15.4 Å². The Balaban J connectivity index is 1.63. The molecule has 0 saturated carbocycles. The average Bonchev–Trinajstić information content (AvgIpc) is 3.40. The van der Waals surface area contributed by atoms with Crippen LogP contribution in [0.5, 0.6) is 0 Å². The first-order chi connectivity index (χ1) is 18.4. The molecule has 1 aliphatic heterocycles. The number of ketones is 1. The molecule has 0 aliphatic carbocycles. The van der Waals surface area contributed by atoms with Crippen LogP contribution >= 0.6 is 35.8 Å². The third kappa shape index (κ3) is 7.56. The molecule has 0 spiro atoms. The standard InChI is InChI=1S/C22H23ClN5O9S2/c1-12(29)10-35-21(31)19(23)28(39-18(38)7-15-8-24-26-25-15)9-17(20(28)30)13(2)37-22(32)36-11-14-3-5-16(6-4-14)27(33)34/h3-6,8,13,17,19H,7,9-11H2,1-2H3,(H,24,25,26)/q+1/t13?,17-,19?,28?/m0/s1. The highest BCUT2D eigenvalue weighted by Crippen LogP contribution is 2.44. The maximum absolute atomic E-state index is 13.4. The normalized spacial score (nSPS) is 19.8. The van der Waals surface area contributed by atoms with E-state index >= 15 is 0 Å². The lowest BCUT2D eigenvalue weighted by Gasteiger charge is -2.47. The van der Waals surface area contributed by atoms with Crippen molar-refractivity contribution in [3.63, 3.8) is 0 Å². The van der Waals surface area contributed by atoms with Gasteiger partial charge in [-0.3, -0.25) is 14.9 Å². The molecular weight excluding hydrogens is 578 g/mol. The number of nitro groups is 1. The first-order valence-corrected chi connectivity index (χ1v) is 12.9. The minimum absolute atomic E-state index is 0.0391. The highest BCUT2D eigenvalue weighted by Gasteiger charge is 2.65. The van der Waals surface area contributed by atoms with Gasteiger partial charge < -0.3 is 14.2 Å². The van der Waals surface area contributed by atoms with Gasteiger partial charge in [0, 0.05) is 18.6 Å². The topological polar surface area (TPSA) is 181 Å². The number of β-lactam (4-membered cyclic amide) rings is 1. The van der Waals surface area contributed by atoms with Gasteiger partial charge in [-0.1, -0.05) is 12.2 Å². The maximum atomic E-state index is 13.4. The van der Waals surface area contributed by atoms with Gasteiger partial charge in [0.15, 0.2) is 11.7 Å². The number of halogens is 1. The molecule has 1 amide bonds. The van der Waals surface area contributed by atoms with Gasteiger partial charge in [0.25, 0.3) is 11.2 Å². The predicted molar refractivity (Wildman–Crippen MR) is 139 cm³/mol. The zero-order valence-electron chi connectivity index (χ0n) is 20.6. The molecule has 2 aromatic rings. The molecule has 0 radical (unpaired) electrons. The number of ether oxygens (including phenoxy) is 3. The zero-order valence-corrected chi connectivity index (χ0v) is 23.0. The van der Waals surface area contributed by atoms with Crippen molar-refractivity contribution in [3.05, 3.63) is 51.8 Å². The van der Waals surface area contributed by atoms with E-state index in [-0.39, 0.29) is 29.5 Å². The number of aromatic nitrogens is 3. The van der Waals surface area contributed by atoms with Crippen LogP contribution in [-0.2, 0) is 41.6 Å². The van der Waals surface area contributed by atoms with E-state index in [1.54, 1.807) is 0 Å². The fraction of sp³-hybridized carbons (Fsp3) is 0.409. The number of nitrogens with one attached hydrogen (secondary N) is 1. The smallest absolute Gasteiger partial charge is 0.452 e. The maximum Gasteiger partial charge on any atom is 0.508 e. The van der Waals surface area contributed by atoms with Crippen molar-refractivity contribution in [2.24, 2.45) is 5.92 Å². The average molecular weight is 601 g/mol. The third-order valence-electron chi connectivity index (χ3n) is 5.54. The predicted octanol–water partition coefficient (Wildman–Crippen LogP) is 2.64. The Kier molecular flexibility index (Phi) is 10.1. The molecule has 4 atom stereocenters. The van der Waals surface area contributed by atoms with E-state index in [4.69, 9.17) is 38.0 Å². The third-order valence-corrected chi connectivity index (χ3v) is 7.75. The van der Waals surface area contributed by atoms with Crippen molar-refractivity contribution >= 4 is 69.5 Å². The molecule has 1 aromatic carbocycles. The van der Waals surface area contributed by atoms with Gasteiger partial charge >= 0.3 is 18.0 Å². The molecule has 39 heavy (non-hydrogen) atoms. The molecule has 14 nitrogen and oxygen atoms in total. The number of likely N-dealkylation sites (tertiary alicyclic amines) is 1. The van der Waals surface area contributed by atoms with E-state index in [9.17, 15) is 29.3 Å². The summed E-state index contributed by atoms with van der Waals surface area (Å²) in [6.07, 6.45) is -0.400. The number of Topliss-reactive ketones (excluding diaryl/α,β-unsaturated/α-hetero) is 1. The monoisotopic (exact) mass is 600 g/mol. The van der Waals surface area contributed by atoms with Gasteiger partial charge in [-0.15, -0.1) is 0 Å². The number of benzene rings is 1. The number of alkyl halides is 1. The molecule has 1 fully saturated rings. The minimum Gasteiger partial charge on any atom is -0.452 e. The van der Waals surface area contributed by atoms with E-state index in [1.165, 1.54) is 44.3 Å². The van der Waals surface area contributed by atoms with Crippen molar-refractivity contribution < 1.29 is 42.2 Å². The van der Waals surface area contributed by atoms with Crippen molar-refractivity contribution in [2.75, 3.05) is 13.2 Å². The van der Waals surface area contributed by atoms with Gasteiger partial charge in [0.2, 0.25) is 0 Å². The molecule has 1 N–H and O–H groups in total. The molecule has 0 bridgehead atoms. The van der Waals surface area contributed by atoms with Crippen LogP contribution in [0.4, 0.5) is 10.5 Å². The summed E-state index contributed by atoms with van der Waals surface area (Å²) in [5.74, 6) is -2.78. The van der Waals surface area contributed by atoms with Gasteiger partial charge in [-0.25, -0.2) is 14.4 Å². The Bertz CT molecular complexity index is 1260. The highest BCUT2D eigenvalue weighted by atomic mass is 35.5. The van der Waals surface area contributed by atoms with Crippen LogP contribution in [0.15, 0.2) is 30.5 Å². The molecule has 2 heterocycles. The summed E-state index contributed by atoms with van der Waals surface area (Å²) in [5.41, 5.74) is -0.643. The summed E-state index contributed by atoms with van der Waals surface area (Å²) >= 11 is 12.7. The zero-order chi connectivity index (χ0) is 28.7. The fourth-order valence-electron chi connectivity index (χ4n) is 3.52. The number of nitrogens with zero attached hydrogens (tertiary/aromatic N) is 4. The van der Waals surface area contributed by atoms with E-state index in [0.29, 0.717) is 11.3 Å². The number of quaternary nitrogens is 1. The van der Waals surface area contributed by atoms with Crippen LogP contribution in [0.2, 0.25) is 0 Å². The molecule has 17 heteroatoms. The van der Waals surface area contributed by atoms with Crippen LogP contribution in [0, 0.1) is 16.0 Å². The number of hydrogen-bond donors (Lipinski definition) is 1. The number of H-pyrrole nitrogens is 1. The number of carbonyl (C=O) groups excluding carboxylic acids is 4. The number of amides is 1. The molecule has 3 rings (SSSR count). The Morgan fingerprint density at radius 1 is 1.31 bits per heavy atom. The molecule has 208 valence electrons.